The summed E-state index contributed by atoms with van der Waals surface area (Å²) in [5.41, 5.74) is 2.38. The topological polar surface area (TPSA) is 65.7 Å². The third-order valence-corrected chi connectivity index (χ3v) is 9.65. The number of ether oxygens (including phenoxy) is 2. The lowest BCUT2D eigenvalue weighted by Crippen LogP contribution is -2.54. The molecular weight excluding hydrogens is 488 g/mol. The molecule has 5 atom stereocenters. The highest BCUT2D eigenvalue weighted by molar-refractivity contribution is 5.89. The molecule has 1 unspecified atom stereocenters. The summed E-state index contributed by atoms with van der Waals surface area (Å²) >= 11 is 0. The van der Waals surface area contributed by atoms with Crippen molar-refractivity contribution in [2.24, 2.45) is 28.6 Å². The largest absolute Gasteiger partial charge is 0.472 e. The number of carbonyl (C=O) groups excluding carboxylic acids is 2. The molecule has 0 amide bonds. The first-order valence-corrected chi connectivity index (χ1v) is 14.3. The average molecular weight is 529 g/mol. The minimum Gasteiger partial charge on any atom is -0.472 e. The summed E-state index contributed by atoms with van der Waals surface area (Å²) in [7, 11) is 0. The number of rotatable bonds is 9. The van der Waals surface area contributed by atoms with Crippen LogP contribution in [0.5, 0.6) is 0 Å². The van der Waals surface area contributed by atoms with Crippen LogP contribution >= 0.6 is 0 Å². The molecule has 5 heteroatoms. The van der Waals surface area contributed by atoms with E-state index in [1.54, 1.807) is 18.4 Å². The number of hydrogen-bond donors (Lipinski definition) is 0. The van der Waals surface area contributed by atoms with Crippen molar-refractivity contribution in [3.8, 4) is 0 Å². The first-order chi connectivity index (χ1) is 18.9. The van der Waals surface area contributed by atoms with Gasteiger partial charge in [-0.1, -0.05) is 56.7 Å². The van der Waals surface area contributed by atoms with Gasteiger partial charge < -0.3 is 13.9 Å². The lowest BCUT2D eigenvalue weighted by Gasteiger charge is -2.60. The Kier molecular flexibility index (Phi) is 8.25. The molecule has 0 aliphatic heterocycles. The molecule has 0 bridgehead atoms. The Hall–Kier alpha value is -3.34. The number of hydrogen-bond acceptors (Lipinski definition) is 5. The zero-order valence-corrected chi connectivity index (χ0v) is 23.1. The van der Waals surface area contributed by atoms with Gasteiger partial charge in [0.2, 0.25) is 0 Å². The third-order valence-electron chi connectivity index (χ3n) is 9.65. The van der Waals surface area contributed by atoms with Crippen molar-refractivity contribution < 1.29 is 23.5 Å². The van der Waals surface area contributed by atoms with Gasteiger partial charge in [-0.05, 0) is 97.6 Å². The zero-order chi connectivity index (χ0) is 27.3. The number of benzene rings is 2. The number of carbonyl (C=O) groups is 2. The average Bonchev–Trinajstić information content (AvgIpc) is 3.48. The molecule has 5 rings (SSSR count). The van der Waals surface area contributed by atoms with Crippen molar-refractivity contribution in [2.45, 2.75) is 58.8 Å². The zero-order valence-electron chi connectivity index (χ0n) is 23.1. The normalized spacial score (nSPS) is 28.3. The van der Waals surface area contributed by atoms with Crippen LogP contribution in [0.15, 0.2) is 83.7 Å². The van der Waals surface area contributed by atoms with Crippen LogP contribution in [0.3, 0.4) is 0 Å². The maximum absolute atomic E-state index is 12.8. The maximum atomic E-state index is 12.8. The van der Waals surface area contributed by atoms with Gasteiger partial charge in [-0.15, -0.1) is 0 Å². The first-order valence-electron chi connectivity index (χ1n) is 14.3. The van der Waals surface area contributed by atoms with E-state index >= 15 is 0 Å². The SMILES string of the molecule is C[C@]1(COC(=O)c2ccccc2)CCC[C@@]2(C)C1CC[C@@H](COC(=O)c1ccccc1)[C@@H]2CCc1ccoc1. The van der Waals surface area contributed by atoms with Crippen molar-refractivity contribution in [1.29, 1.82) is 0 Å². The van der Waals surface area contributed by atoms with E-state index in [4.69, 9.17) is 13.9 Å². The van der Waals surface area contributed by atoms with Gasteiger partial charge in [0, 0.05) is 5.41 Å². The van der Waals surface area contributed by atoms with E-state index < -0.39 is 0 Å². The summed E-state index contributed by atoms with van der Waals surface area (Å²) in [6.45, 7) is 5.63. The van der Waals surface area contributed by atoms with Crippen molar-refractivity contribution in [1.82, 2.24) is 0 Å². The van der Waals surface area contributed by atoms with Crippen LogP contribution in [-0.4, -0.2) is 25.2 Å². The van der Waals surface area contributed by atoms with Crippen LogP contribution < -0.4 is 0 Å². The van der Waals surface area contributed by atoms with Gasteiger partial charge in [0.15, 0.2) is 0 Å². The van der Waals surface area contributed by atoms with Crippen molar-refractivity contribution in [3.63, 3.8) is 0 Å². The maximum Gasteiger partial charge on any atom is 0.338 e. The molecule has 2 fully saturated rings. The Morgan fingerprint density at radius 2 is 1.54 bits per heavy atom. The molecular formula is C34H40O5. The summed E-state index contributed by atoms with van der Waals surface area (Å²) in [6, 6.07) is 20.5. The number of esters is 2. The Balaban J connectivity index is 1.33. The fourth-order valence-electron chi connectivity index (χ4n) is 7.68. The van der Waals surface area contributed by atoms with Crippen LogP contribution in [-0.2, 0) is 15.9 Å². The fraction of sp³-hybridized carbons (Fsp3) is 0.471. The van der Waals surface area contributed by atoms with Gasteiger partial charge in [-0.2, -0.15) is 0 Å². The molecule has 0 radical (unpaired) electrons. The number of fused-ring (bicyclic) bond motifs is 1. The van der Waals surface area contributed by atoms with Gasteiger partial charge >= 0.3 is 11.9 Å². The van der Waals surface area contributed by atoms with Crippen LogP contribution in [0.4, 0.5) is 0 Å². The molecule has 2 saturated carbocycles. The van der Waals surface area contributed by atoms with E-state index in [0.29, 0.717) is 42.1 Å². The van der Waals surface area contributed by atoms with Crippen LogP contribution in [0, 0.1) is 28.6 Å². The number of aryl methyl sites for hydroxylation is 1. The van der Waals surface area contributed by atoms with Gasteiger partial charge in [0.05, 0.1) is 36.9 Å². The summed E-state index contributed by atoms with van der Waals surface area (Å²) in [6.07, 6.45) is 10.9. The molecule has 39 heavy (non-hydrogen) atoms. The minimum atomic E-state index is -0.252. The lowest BCUT2D eigenvalue weighted by atomic mass is 9.45. The predicted octanol–water partition coefficient (Wildman–Crippen LogP) is 7.77. The van der Waals surface area contributed by atoms with Crippen LogP contribution in [0.1, 0.15) is 78.7 Å². The Morgan fingerprint density at radius 1 is 0.872 bits per heavy atom. The quantitative estimate of drug-likeness (QED) is 0.266. The van der Waals surface area contributed by atoms with E-state index in [1.807, 2.05) is 60.9 Å². The van der Waals surface area contributed by atoms with Gasteiger partial charge in [-0.3, -0.25) is 0 Å². The molecule has 2 aliphatic carbocycles. The standard InChI is InChI=1S/C34H40O5/c1-33(24-39-32(36)27-12-7-4-8-13-27)19-9-20-34(2)29(16-14-25-18-21-37-22-25)28(15-17-30(33)34)23-38-31(35)26-10-5-3-6-11-26/h3-8,10-13,18,21-22,28-30H,9,14-17,19-20,23-24H2,1-2H3/t28-,29-,30?,33+,34+/m0/s1. The second-order valence-corrected chi connectivity index (χ2v) is 12.1. The molecule has 0 spiro atoms. The van der Waals surface area contributed by atoms with E-state index in [0.717, 1.165) is 44.9 Å². The van der Waals surface area contributed by atoms with Crippen molar-refractivity contribution in [3.05, 3.63) is 95.9 Å². The molecule has 1 aromatic heterocycles. The molecule has 1 heterocycles. The van der Waals surface area contributed by atoms with Gasteiger partial charge in [-0.25, -0.2) is 9.59 Å². The smallest absolute Gasteiger partial charge is 0.338 e. The van der Waals surface area contributed by atoms with E-state index in [-0.39, 0.29) is 22.8 Å². The Labute approximate surface area is 231 Å². The predicted molar refractivity (Wildman–Crippen MR) is 150 cm³/mol. The highest BCUT2D eigenvalue weighted by Crippen LogP contribution is 2.62. The lowest BCUT2D eigenvalue weighted by molar-refractivity contribution is -0.130. The minimum absolute atomic E-state index is 0.0674. The molecule has 0 saturated heterocycles. The second kappa shape index (κ2) is 11.8. The van der Waals surface area contributed by atoms with E-state index in [2.05, 4.69) is 13.8 Å². The van der Waals surface area contributed by atoms with E-state index in [9.17, 15) is 9.59 Å². The van der Waals surface area contributed by atoms with Crippen molar-refractivity contribution >= 4 is 11.9 Å². The fourth-order valence-corrected chi connectivity index (χ4v) is 7.68. The molecule has 206 valence electrons. The second-order valence-electron chi connectivity index (χ2n) is 12.1. The summed E-state index contributed by atoms with van der Waals surface area (Å²) in [4.78, 5) is 25.6. The van der Waals surface area contributed by atoms with Gasteiger partial charge in [0.1, 0.15) is 0 Å². The highest BCUT2D eigenvalue weighted by Gasteiger charge is 2.56. The third kappa shape index (κ3) is 5.98. The molecule has 2 aliphatic rings. The first kappa shape index (κ1) is 27.2. The number of furan rings is 1. The molecule has 5 nitrogen and oxygen atoms in total. The van der Waals surface area contributed by atoms with Crippen molar-refractivity contribution in [2.75, 3.05) is 13.2 Å². The molecule has 0 N–H and O–H groups in total. The van der Waals surface area contributed by atoms with Crippen LogP contribution in [0.2, 0.25) is 0 Å². The Morgan fingerprint density at radius 3 is 2.18 bits per heavy atom. The molecule has 3 aromatic rings. The molecule has 2 aromatic carbocycles. The highest BCUT2D eigenvalue weighted by atomic mass is 16.5. The van der Waals surface area contributed by atoms with Gasteiger partial charge in [0.25, 0.3) is 0 Å². The summed E-state index contributed by atoms with van der Waals surface area (Å²) in [5.74, 6) is 0.608. The summed E-state index contributed by atoms with van der Waals surface area (Å²) < 4.78 is 17.2. The van der Waals surface area contributed by atoms with E-state index in [1.165, 1.54) is 5.56 Å². The Bertz CT molecular complexity index is 1220. The monoisotopic (exact) mass is 528 g/mol. The summed E-state index contributed by atoms with van der Waals surface area (Å²) in [5, 5.41) is 0. The van der Waals surface area contributed by atoms with Crippen LogP contribution in [0.25, 0.3) is 0 Å².